The van der Waals surface area contributed by atoms with E-state index in [-0.39, 0.29) is 56.4 Å². The summed E-state index contributed by atoms with van der Waals surface area (Å²) in [6.45, 7) is 7.26. The molecule has 72 heavy (non-hydrogen) atoms. The molecule has 1 fully saturated rings. The molecule has 4 aromatic rings. The number of unbranched alkanes of at least 4 members (excludes halogenated alkanes) is 11. The highest BCUT2D eigenvalue weighted by atomic mass is 16.7. The number of hydrogen-bond donors (Lipinski definition) is 3. The van der Waals surface area contributed by atoms with Gasteiger partial charge in [0.15, 0.2) is 0 Å². The van der Waals surface area contributed by atoms with Crippen LogP contribution in [-0.2, 0) is 16.1 Å². The monoisotopic (exact) mass is 981 g/mol. The molecule has 0 unspecified atom stereocenters. The van der Waals surface area contributed by atoms with Gasteiger partial charge in [-0.2, -0.15) is 5.26 Å². The van der Waals surface area contributed by atoms with Crippen molar-refractivity contribution in [3.8, 4) is 17.6 Å². The molecule has 4 aromatic carbocycles. The minimum absolute atomic E-state index is 0.0224. The maximum atomic E-state index is 15.5. The average molecular weight is 981 g/mol. The number of oxime groups is 1. The lowest BCUT2D eigenvalue weighted by molar-refractivity contribution is -0.255. The van der Waals surface area contributed by atoms with Crippen molar-refractivity contribution >= 4 is 28.5 Å². The zero-order valence-electron chi connectivity index (χ0n) is 42.6. The molecular formula is C60H76N4O8. The van der Waals surface area contributed by atoms with E-state index in [1.165, 1.54) is 52.1 Å². The topological polar surface area (TPSA) is 163 Å². The smallest absolute Gasteiger partial charge is 0.412 e. The van der Waals surface area contributed by atoms with E-state index in [0.717, 1.165) is 72.4 Å². The van der Waals surface area contributed by atoms with Crippen LogP contribution in [0.4, 0.5) is 4.79 Å². The molecule has 0 radical (unpaired) electrons. The van der Waals surface area contributed by atoms with Gasteiger partial charge in [0, 0.05) is 49.8 Å². The standard InChI is InChI=1S/C60H76N4O8/c1-4-6-7-8-9-10-11-12-13-18-34-62-59(68)71-48-32-33-54-52(39-48)56-50(27-17-20-36-66)46(23-16-19-35-65)38-51-53(63-69-3)40-55(60(72-54,57(51)56)70-37-5-2)64(58(67)45-30-28-43(41-61)29-31-45)42-47-25-21-24-44-22-14-15-26-49(44)47/h5,14-15,21-22,24-26,28-33,38-39,46,50,55-57,65-66H,2,4,6-13,16-20,23,27,34-37,40,42H2,1,3H3,(H,62,68)/t46-,50+,55-,56+,57+,60+/m0/s1. The Kier molecular flexibility index (Phi) is 20.3. The van der Waals surface area contributed by atoms with E-state index in [4.69, 9.17) is 24.2 Å². The highest BCUT2D eigenvalue weighted by molar-refractivity contribution is 6.03. The van der Waals surface area contributed by atoms with Crippen molar-refractivity contribution in [2.75, 3.05) is 33.5 Å². The number of amides is 2. The number of ether oxygens (including phenoxy) is 3. The molecule has 2 aliphatic carbocycles. The lowest BCUT2D eigenvalue weighted by Gasteiger charge is -2.60. The van der Waals surface area contributed by atoms with E-state index in [9.17, 15) is 20.3 Å². The van der Waals surface area contributed by atoms with Crippen molar-refractivity contribution in [2.24, 2.45) is 22.9 Å². The molecule has 0 spiro atoms. The fourth-order valence-electron chi connectivity index (χ4n) is 11.6. The van der Waals surface area contributed by atoms with E-state index in [0.29, 0.717) is 47.7 Å². The number of nitrogens with zero attached hydrogens (tertiary/aromatic N) is 3. The van der Waals surface area contributed by atoms with Crippen LogP contribution >= 0.6 is 0 Å². The Labute approximate surface area is 427 Å². The van der Waals surface area contributed by atoms with Gasteiger partial charge < -0.3 is 39.5 Å². The number of benzene rings is 4. The average Bonchev–Trinajstić information content (AvgIpc) is 3.40. The van der Waals surface area contributed by atoms with Crippen LogP contribution in [0, 0.1) is 29.1 Å². The van der Waals surface area contributed by atoms with Crippen molar-refractivity contribution in [3.63, 3.8) is 0 Å². The van der Waals surface area contributed by atoms with Crippen LogP contribution in [-0.4, -0.2) is 78.1 Å². The predicted octanol–water partition coefficient (Wildman–Crippen LogP) is 12.3. The number of carbonyl (C=O) groups excluding carboxylic acids is 2. The summed E-state index contributed by atoms with van der Waals surface area (Å²) in [7, 11) is 1.53. The van der Waals surface area contributed by atoms with Gasteiger partial charge in [-0.15, -0.1) is 6.58 Å². The number of aliphatic hydroxyl groups excluding tert-OH is 2. The number of nitriles is 1. The molecule has 0 bridgehead atoms. The normalized spacial score (nSPS) is 21.4. The minimum Gasteiger partial charge on any atom is -0.459 e. The number of rotatable bonds is 28. The SMILES string of the molecule is C=CCO[C@@]12Oc3ccc(OC(=O)NCCCCCCCCCCCC)cc3[C@H]3[C@H](CCCCO)[C@@H](CCCCO)C=C(C(=NOC)C[C@@H]1N(Cc1cccc4ccccc14)C(=O)c1ccc(C#N)cc1)[C@H]32. The Bertz CT molecular complexity index is 2510. The van der Waals surface area contributed by atoms with Crippen molar-refractivity contribution in [1.82, 2.24) is 10.2 Å². The van der Waals surface area contributed by atoms with Gasteiger partial charge in [-0.1, -0.05) is 137 Å². The molecule has 1 heterocycles. The van der Waals surface area contributed by atoms with E-state index < -0.39 is 23.8 Å². The molecule has 12 nitrogen and oxygen atoms in total. The van der Waals surface area contributed by atoms with Crippen LogP contribution in [0.25, 0.3) is 10.8 Å². The molecule has 1 aliphatic heterocycles. The van der Waals surface area contributed by atoms with Gasteiger partial charge in [-0.25, -0.2) is 4.79 Å². The van der Waals surface area contributed by atoms with E-state index in [1.807, 2.05) is 41.3 Å². The van der Waals surface area contributed by atoms with Crippen molar-refractivity contribution < 1.29 is 38.9 Å². The second kappa shape index (κ2) is 27.2. The van der Waals surface area contributed by atoms with Crippen molar-refractivity contribution in [2.45, 2.75) is 140 Å². The summed E-state index contributed by atoms with van der Waals surface area (Å²) in [4.78, 5) is 36.5. The number of carbonyl (C=O) groups is 2. The molecule has 2 amide bonds. The first-order chi connectivity index (χ1) is 35.3. The maximum absolute atomic E-state index is 15.5. The fourth-order valence-corrected chi connectivity index (χ4v) is 11.6. The van der Waals surface area contributed by atoms with Gasteiger partial charge >= 0.3 is 6.09 Å². The molecule has 3 N–H and O–H groups in total. The van der Waals surface area contributed by atoms with Crippen LogP contribution in [0.15, 0.2) is 114 Å². The second-order valence-electron chi connectivity index (χ2n) is 19.7. The summed E-state index contributed by atoms with van der Waals surface area (Å²) in [6.07, 6.45) is 20.1. The molecule has 6 atom stereocenters. The first-order valence-corrected chi connectivity index (χ1v) is 26.7. The first-order valence-electron chi connectivity index (χ1n) is 26.7. The quantitative estimate of drug-likeness (QED) is 0.0286. The van der Waals surface area contributed by atoms with Gasteiger partial charge in [0.1, 0.15) is 24.7 Å². The molecule has 0 saturated heterocycles. The molecule has 7 rings (SSSR count). The van der Waals surface area contributed by atoms with E-state index in [1.54, 1.807) is 36.4 Å². The van der Waals surface area contributed by atoms with Gasteiger partial charge in [-0.3, -0.25) is 4.79 Å². The molecule has 3 aliphatic rings. The number of aliphatic hydroxyl groups is 2. The lowest BCUT2D eigenvalue weighted by atomic mass is 9.55. The first kappa shape index (κ1) is 53.8. The van der Waals surface area contributed by atoms with Crippen molar-refractivity contribution in [3.05, 3.63) is 131 Å². The van der Waals surface area contributed by atoms with Gasteiger partial charge in [0.05, 0.1) is 29.9 Å². The van der Waals surface area contributed by atoms with E-state index in [2.05, 4.69) is 49.2 Å². The van der Waals surface area contributed by atoms with Crippen molar-refractivity contribution in [1.29, 1.82) is 5.26 Å². The number of hydrogen-bond acceptors (Lipinski definition) is 10. The molecule has 0 aromatic heterocycles. The van der Waals surface area contributed by atoms with Gasteiger partial charge in [0.25, 0.3) is 5.91 Å². The summed E-state index contributed by atoms with van der Waals surface area (Å²) in [5, 5.41) is 39.5. The molecule has 12 heteroatoms. The third-order valence-corrected chi connectivity index (χ3v) is 15.0. The summed E-state index contributed by atoms with van der Waals surface area (Å²) < 4.78 is 20.7. The largest absolute Gasteiger partial charge is 0.459 e. The van der Waals surface area contributed by atoms with Gasteiger partial charge in [0.2, 0.25) is 5.79 Å². The molecule has 1 saturated carbocycles. The third-order valence-electron chi connectivity index (χ3n) is 15.0. The van der Waals surface area contributed by atoms with Crippen LogP contribution in [0.3, 0.4) is 0 Å². The zero-order valence-corrected chi connectivity index (χ0v) is 42.6. The number of nitrogens with one attached hydrogen (secondary N) is 1. The number of allylic oxidation sites excluding steroid dienone is 1. The van der Waals surface area contributed by atoms with Crippen LogP contribution in [0.2, 0.25) is 0 Å². The van der Waals surface area contributed by atoms with E-state index >= 15 is 4.79 Å². The Hall–Kier alpha value is -6.00. The number of fused-ring (bicyclic) bond motifs is 3. The van der Waals surface area contributed by atoms with Gasteiger partial charge in [-0.05, 0) is 108 Å². The maximum Gasteiger partial charge on any atom is 0.412 e. The Morgan fingerprint density at radius 2 is 1.60 bits per heavy atom. The highest BCUT2D eigenvalue weighted by Gasteiger charge is 2.65. The predicted molar refractivity (Wildman–Crippen MR) is 283 cm³/mol. The third kappa shape index (κ3) is 13.0. The summed E-state index contributed by atoms with van der Waals surface area (Å²) in [5.41, 5.74) is 4.18. The molecular weight excluding hydrogens is 905 g/mol. The fraction of sp³-hybridized carbons (Fsp3) is 0.500. The summed E-state index contributed by atoms with van der Waals surface area (Å²) in [6, 6.07) is 27.8. The Morgan fingerprint density at radius 1 is 0.889 bits per heavy atom. The molecule has 384 valence electrons. The zero-order chi connectivity index (χ0) is 50.7. The summed E-state index contributed by atoms with van der Waals surface area (Å²) in [5.74, 6) is -1.74. The van der Waals surface area contributed by atoms with Crippen LogP contribution in [0.1, 0.15) is 149 Å². The van der Waals surface area contributed by atoms with Crippen LogP contribution in [0.5, 0.6) is 11.5 Å². The minimum atomic E-state index is -1.52. The second-order valence-corrected chi connectivity index (χ2v) is 19.7. The Morgan fingerprint density at radius 3 is 2.31 bits per heavy atom. The Balaban J connectivity index is 1.31. The summed E-state index contributed by atoms with van der Waals surface area (Å²) >= 11 is 0. The lowest BCUT2D eigenvalue weighted by Crippen LogP contribution is -2.70. The van der Waals surface area contributed by atoms with Crippen LogP contribution < -0.4 is 14.8 Å². The highest BCUT2D eigenvalue weighted by Crippen LogP contribution is 2.62.